The molecule has 0 saturated carbocycles. The molecule has 16 heavy (non-hydrogen) atoms. The number of hydrogen-bond acceptors (Lipinski definition) is 3. The molecule has 0 radical (unpaired) electrons. The second-order valence-electron chi connectivity index (χ2n) is 3.95. The minimum Gasteiger partial charge on any atom is -0.368 e. The molecule has 0 bridgehead atoms. The van der Waals surface area contributed by atoms with Crippen LogP contribution in [0.25, 0.3) is 0 Å². The van der Waals surface area contributed by atoms with Crippen molar-refractivity contribution in [3.05, 3.63) is 34.9 Å². The molecule has 4 N–H and O–H groups in total. The summed E-state index contributed by atoms with van der Waals surface area (Å²) in [7, 11) is 0. The fraction of sp³-hybridized carbons (Fsp3) is 0.333. The predicted molar refractivity (Wildman–Crippen MR) is 62.0 cm³/mol. The number of ketones is 1. The van der Waals surface area contributed by atoms with Gasteiger partial charge in [-0.1, -0.05) is 23.8 Å². The highest BCUT2D eigenvalue weighted by Crippen LogP contribution is 2.13. The third-order valence-electron chi connectivity index (χ3n) is 2.45. The molecule has 4 heteroatoms. The van der Waals surface area contributed by atoms with Gasteiger partial charge in [-0.15, -0.1) is 0 Å². The van der Waals surface area contributed by atoms with Gasteiger partial charge in [-0.05, 0) is 19.4 Å². The summed E-state index contributed by atoms with van der Waals surface area (Å²) in [6, 6.07) is 4.62. The number of primary amides is 1. The minimum absolute atomic E-state index is 0.0424. The van der Waals surface area contributed by atoms with Crippen LogP contribution in [0.3, 0.4) is 0 Å². The third kappa shape index (κ3) is 2.90. The molecule has 0 heterocycles. The first-order chi connectivity index (χ1) is 7.41. The summed E-state index contributed by atoms with van der Waals surface area (Å²) in [5.41, 5.74) is 13.0. The first-order valence-corrected chi connectivity index (χ1v) is 5.07. The second kappa shape index (κ2) is 4.90. The van der Waals surface area contributed by atoms with Gasteiger partial charge in [0.2, 0.25) is 5.91 Å². The largest absolute Gasteiger partial charge is 0.368 e. The van der Waals surface area contributed by atoms with Gasteiger partial charge in [-0.2, -0.15) is 0 Å². The maximum Gasteiger partial charge on any atom is 0.234 e. The number of hydrogen-bond donors (Lipinski definition) is 2. The van der Waals surface area contributed by atoms with Gasteiger partial charge in [0.25, 0.3) is 0 Å². The highest BCUT2D eigenvalue weighted by Gasteiger charge is 2.17. The van der Waals surface area contributed by atoms with Crippen LogP contribution in [0.4, 0.5) is 0 Å². The molecular weight excluding hydrogens is 204 g/mol. The molecule has 1 unspecified atom stereocenters. The summed E-state index contributed by atoms with van der Waals surface area (Å²) in [5.74, 6) is -0.804. The first-order valence-electron chi connectivity index (χ1n) is 5.07. The van der Waals surface area contributed by atoms with Crippen LogP contribution in [0.15, 0.2) is 18.2 Å². The Kier molecular flexibility index (Phi) is 3.79. The normalized spacial score (nSPS) is 12.2. The number of carbonyl (C=O) groups excluding carboxylic acids is 2. The molecule has 0 saturated heterocycles. The summed E-state index contributed by atoms with van der Waals surface area (Å²) in [4.78, 5) is 22.6. The second-order valence-corrected chi connectivity index (χ2v) is 3.95. The highest BCUT2D eigenvalue weighted by atomic mass is 16.1. The molecule has 0 aliphatic heterocycles. The Bertz CT molecular complexity index is 427. The van der Waals surface area contributed by atoms with Crippen molar-refractivity contribution in [3.8, 4) is 0 Å². The number of rotatable bonds is 4. The van der Waals surface area contributed by atoms with E-state index in [2.05, 4.69) is 0 Å². The van der Waals surface area contributed by atoms with Crippen molar-refractivity contribution in [1.82, 2.24) is 0 Å². The number of aryl methyl sites for hydroxylation is 2. The van der Waals surface area contributed by atoms with E-state index < -0.39 is 11.9 Å². The monoisotopic (exact) mass is 220 g/mol. The fourth-order valence-electron chi connectivity index (χ4n) is 1.54. The van der Waals surface area contributed by atoms with Crippen molar-refractivity contribution in [1.29, 1.82) is 0 Å². The summed E-state index contributed by atoms with van der Waals surface area (Å²) in [5, 5.41) is 0. The van der Waals surface area contributed by atoms with Crippen molar-refractivity contribution in [3.63, 3.8) is 0 Å². The molecule has 1 rings (SSSR count). The lowest BCUT2D eigenvalue weighted by molar-refractivity contribution is -0.119. The van der Waals surface area contributed by atoms with Gasteiger partial charge in [-0.25, -0.2) is 0 Å². The zero-order valence-corrected chi connectivity index (χ0v) is 9.49. The van der Waals surface area contributed by atoms with Gasteiger partial charge in [0.05, 0.1) is 6.04 Å². The van der Waals surface area contributed by atoms with E-state index in [1.54, 1.807) is 6.07 Å². The molecule has 0 fully saturated rings. The van der Waals surface area contributed by atoms with E-state index in [1.165, 1.54) is 0 Å². The Morgan fingerprint density at radius 1 is 1.31 bits per heavy atom. The first kappa shape index (κ1) is 12.4. The molecule has 0 aliphatic rings. The van der Waals surface area contributed by atoms with E-state index in [0.29, 0.717) is 5.56 Å². The van der Waals surface area contributed by atoms with Crippen LogP contribution in [-0.2, 0) is 4.79 Å². The van der Waals surface area contributed by atoms with E-state index >= 15 is 0 Å². The Morgan fingerprint density at radius 3 is 2.44 bits per heavy atom. The van der Waals surface area contributed by atoms with E-state index in [0.717, 1.165) is 11.1 Å². The number of Topliss-reactive ketones (excluding diaryl/α,β-unsaturated/α-hetero) is 1. The molecule has 1 aromatic rings. The van der Waals surface area contributed by atoms with Crippen LogP contribution in [0, 0.1) is 13.8 Å². The van der Waals surface area contributed by atoms with Crippen LogP contribution in [-0.4, -0.2) is 17.7 Å². The smallest absolute Gasteiger partial charge is 0.234 e. The van der Waals surface area contributed by atoms with Gasteiger partial charge < -0.3 is 11.5 Å². The lowest BCUT2D eigenvalue weighted by Crippen LogP contribution is -2.38. The minimum atomic E-state index is -0.909. The zero-order chi connectivity index (χ0) is 12.3. The van der Waals surface area contributed by atoms with E-state index in [-0.39, 0.29) is 12.2 Å². The Hall–Kier alpha value is -1.68. The quantitative estimate of drug-likeness (QED) is 0.732. The topological polar surface area (TPSA) is 86.2 Å². The molecule has 0 aromatic heterocycles. The lowest BCUT2D eigenvalue weighted by atomic mass is 9.98. The lowest BCUT2D eigenvalue weighted by Gasteiger charge is -2.09. The van der Waals surface area contributed by atoms with Crippen molar-refractivity contribution in [2.45, 2.75) is 26.3 Å². The van der Waals surface area contributed by atoms with Crippen molar-refractivity contribution >= 4 is 11.7 Å². The van der Waals surface area contributed by atoms with E-state index in [4.69, 9.17) is 11.5 Å². The molecule has 1 aromatic carbocycles. The average molecular weight is 220 g/mol. The molecule has 0 aliphatic carbocycles. The van der Waals surface area contributed by atoms with Crippen LogP contribution in [0.2, 0.25) is 0 Å². The summed E-state index contributed by atoms with van der Waals surface area (Å²) in [6.07, 6.45) is -0.0424. The van der Waals surface area contributed by atoms with Gasteiger partial charge in [0, 0.05) is 12.0 Å². The standard InChI is InChI=1S/C12H16N2O2/c1-7-3-4-9(8(2)5-7)11(15)6-10(13)12(14)16/h3-5,10H,6,13H2,1-2H3,(H2,14,16). The molecule has 1 amide bonds. The van der Waals surface area contributed by atoms with E-state index in [9.17, 15) is 9.59 Å². The Balaban J connectivity index is 2.85. The van der Waals surface area contributed by atoms with Gasteiger partial charge in [0.15, 0.2) is 5.78 Å². The molecular formula is C12H16N2O2. The highest BCUT2D eigenvalue weighted by molar-refractivity contribution is 6.00. The molecule has 1 atom stereocenters. The number of benzene rings is 1. The predicted octanol–water partition coefficient (Wildman–Crippen LogP) is 0.689. The molecule has 0 spiro atoms. The van der Waals surface area contributed by atoms with Crippen molar-refractivity contribution in [2.75, 3.05) is 0 Å². The number of amides is 1. The van der Waals surface area contributed by atoms with Crippen LogP contribution in [0.1, 0.15) is 27.9 Å². The van der Waals surface area contributed by atoms with Gasteiger partial charge in [0.1, 0.15) is 0 Å². The zero-order valence-electron chi connectivity index (χ0n) is 9.49. The van der Waals surface area contributed by atoms with Gasteiger partial charge in [-0.3, -0.25) is 9.59 Å². The third-order valence-corrected chi connectivity index (χ3v) is 2.45. The summed E-state index contributed by atoms with van der Waals surface area (Å²) >= 11 is 0. The fourth-order valence-corrected chi connectivity index (χ4v) is 1.54. The van der Waals surface area contributed by atoms with Crippen LogP contribution < -0.4 is 11.5 Å². The summed E-state index contributed by atoms with van der Waals surface area (Å²) < 4.78 is 0. The molecule has 86 valence electrons. The maximum atomic E-state index is 11.8. The molecule has 4 nitrogen and oxygen atoms in total. The average Bonchev–Trinajstić information content (AvgIpc) is 2.16. The summed E-state index contributed by atoms with van der Waals surface area (Å²) in [6.45, 7) is 3.81. The Labute approximate surface area is 94.6 Å². The van der Waals surface area contributed by atoms with Crippen LogP contribution in [0.5, 0.6) is 0 Å². The van der Waals surface area contributed by atoms with Crippen LogP contribution >= 0.6 is 0 Å². The van der Waals surface area contributed by atoms with E-state index in [1.807, 2.05) is 26.0 Å². The number of carbonyl (C=O) groups is 2. The SMILES string of the molecule is Cc1ccc(C(=O)CC(N)C(N)=O)c(C)c1. The van der Waals surface area contributed by atoms with Gasteiger partial charge >= 0.3 is 0 Å². The van der Waals surface area contributed by atoms with Crippen molar-refractivity contribution in [2.24, 2.45) is 11.5 Å². The number of nitrogens with two attached hydrogens (primary N) is 2. The van der Waals surface area contributed by atoms with Crippen molar-refractivity contribution < 1.29 is 9.59 Å². The maximum absolute atomic E-state index is 11.8. The Morgan fingerprint density at radius 2 is 1.94 bits per heavy atom.